The summed E-state index contributed by atoms with van der Waals surface area (Å²) in [6, 6.07) is 6.83. The van der Waals surface area contributed by atoms with Gasteiger partial charge >= 0.3 is 0 Å². The lowest BCUT2D eigenvalue weighted by molar-refractivity contribution is 0.267. The minimum absolute atomic E-state index is 0.299. The van der Waals surface area contributed by atoms with Gasteiger partial charge in [-0.3, -0.25) is 0 Å². The molecule has 19 heavy (non-hydrogen) atoms. The van der Waals surface area contributed by atoms with E-state index in [0.29, 0.717) is 0 Å². The van der Waals surface area contributed by atoms with Crippen molar-refractivity contribution in [1.29, 1.82) is 0 Å². The fourth-order valence-electron chi connectivity index (χ4n) is 2.91. The van der Waals surface area contributed by atoms with Gasteiger partial charge in [0.1, 0.15) is 0 Å². The van der Waals surface area contributed by atoms with Gasteiger partial charge < -0.3 is 8.85 Å². The average molecular weight is 302 g/mol. The van der Waals surface area contributed by atoms with Crippen molar-refractivity contribution in [3.8, 4) is 0 Å². The molecule has 0 bridgehead atoms. The third-order valence-electron chi connectivity index (χ3n) is 4.41. The second kappa shape index (κ2) is 10.1. The van der Waals surface area contributed by atoms with Crippen LogP contribution in [0.15, 0.2) is 0 Å². The van der Waals surface area contributed by atoms with Gasteiger partial charge in [-0.1, -0.05) is 40.0 Å². The van der Waals surface area contributed by atoms with Crippen LogP contribution >= 0.6 is 0 Å². The van der Waals surface area contributed by atoms with Gasteiger partial charge in [-0.25, -0.2) is 0 Å². The molecule has 1 radical (unpaired) electrons. The normalized spacial score (nSPS) is 23.5. The average Bonchev–Trinajstić information content (AvgIpc) is 2.50. The first-order valence-corrected chi connectivity index (χ1v) is 12.7. The molecule has 0 atom stereocenters. The van der Waals surface area contributed by atoms with Crippen molar-refractivity contribution in [2.75, 3.05) is 13.2 Å². The summed E-state index contributed by atoms with van der Waals surface area (Å²) >= 11 is 0. The first-order chi connectivity index (χ1) is 9.26. The van der Waals surface area contributed by atoms with Gasteiger partial charge in [0, 0.05) is 13.2 Å². The van der Waals surface area contributed by atoms with Crippen molar-refractivity contribution in [2.45, 2.75) is 83.1 Å². The molecule has 0 aromatic heterocycles. The molecule has 0 aromatic rings. The summed E-state index contributed by atoms with van der Waals surface area (Å²) in [5.74, 6) is 0. The highest BCUT2D eigenvalue weighted by molar-refractivity contribution is 6.73. The minimum atomic E-state index is -1.13. The van der Waals surface area contributed by atoms with E-state index in [4.69, 9.17) is 8.85 Å². The lowest BCUT2D eigenvalue weighted by Gasteiger charge is -2.33. The molecule has 0 spiro atoms. The van der Waals surface area contributed by atoms with Crippen LogP contribution < -0.4 is 0 Å². The fraction of sp³-hybridized carbons (Fsp3) is 1.00. The second-order valence-corrected chi connectivity index (χ2v) is 12.7. The molecule has 2 rings (SSSR count). The Balaban J connectivity index is 0.000000191. The summed E-state index contributed by atoms with van der Waals surface area (Å²) < 4.78 is 11.5. The highest BCUT2D eigenvalue weighted by atomic mass is 28.4. The standard InChI is InChI=1S/C8H18OSi.C7H15OSi/c1-3-10(4-2)8-6-5-7-9-10;1-2-6-9-7-4-3-5-8-9/h3-8H2,1-2H3;2-7H2,1H3. The van der Waals surface area contributed by atoms with Crippen LogP contribution in [0.1, 0.15) is 52.9 Å². The summed E-state index contributed by atoms with van der Waals surface area (Å²) in [5, 5.41) is 0. The number of rotatable bonds is 4. The highest BCUT2D eigenvalue weighted by Crippen LogP contribution is 2.28. The molecule has 2 nitrogen and oxygen atoms in total. The fourth-order valence-corrected chi connectivity index (χ4v) is 8.31. The summed E-state index contributed by atoms with van der Waals surface area (Å²) in [5.41, 5.74) is 0. The first-order valence-electron chi connectivity index (χ1n) is 8.37. The molecule has 0 N–H and O–H groups in total. The molecule has 0 aromatic carbocycles. The van der Waals surface area contributed by atoms with Crippen LogP contribution in [0.2, 0.25) is 30.2 Å². The predicted octanol–water partition coefficient (Wildman–Crippen LogP) is 4.98. The van der Waals surface area contributed by atoms with Crippen LogP contribution in [0.5, 0.6) is 0 Å². The topological polar surface area (TPSA) is 18.5 Å². The molecular formula is C15H33O2Si2. The number of hydrogen-bond donors (Lipinski definition) is 0. The van der Waals surface area contributed by atoms with E-state index in [2.05, 4.69) is 20.8 Å². The maximum absolute atomic E-state index is 5.90. The molecule has 2 heterocycles. The molecule has 2 fully saturated rings. The molecule has 2 aliphatic rings. The molecule has 4 heteroatoms. The van der Waals surface area contributed by atoms with Gasteiger partial charge in [0.15, 0.2) is 8.32 Å². The van der Waals surface area contributed by atoms with Crippen LogP contribution in [0.4, 0.5) is 0 Å². The SMILES string of the molecule is CCC[Si]1CCCCO1.CC[Si]1(CC)CCCCO1. The molecule has 0 unspecified atom stereocenters. The van der Waals surface area contributed by atoms with Gasteiger partial charge in [-0.2, -0.15) is 0 Å². The molecule has 0 saturated carbocycles. The Hall–Kier alpha value is 0.354. The van der Waals surface area contributed by atoms with Crippen LogP contribution in [0.3, 0.4) is 0 Å². The summed E-state index contributed by atoms with van der Waals surface area (Å²) in [7, 11) is -1.43. The maximum Gasteiger partial charge on any atom is 0.211 e. The Bertz CT molecular complexity index is 203. The van der Waals surface area contributed by atoms with Crippen molar-refractivity contribution < 1.29 is 8.85 Å². The summed E-state index contributed by atoms with van der Waals surface area (Å²) in [4.78, 5) is 0. The van der Waals surface area contributed by atoms with E-state index in [1.54, 1.807) is 0 Å². The largest absolute Gasteiger partial charge is 0.417 e. The van der Waals surface area contributed by atoms with Gasteiger partial charge in [-0.05, 0) is 43.1 Å². The van der Waals surface area contributed by atoms with E-state index in [1.165, 1.54) is 62.3 Å². The molecule has 0 aliphatic carbocycles. The monoisotopic (exact) mass is 301 g/mol. The Labute approximate surface area is 123 Å². The van der Waals surface area contributed by atoms with E-state index in [9.17, 15) is 0 Å². The van der Waals surface area contributed by atoms with Gasteiger partial charge in [-0.15, -0.1) is 0 Å². The second-order valence-electron chi connectivity index (χ2n) is 5.79. The first kappa shape index (κ1) is 17.4. The molecule has 2 saturated heterocycles. The van der Waals surface area contributed by atoms with Crippen LogP contribution in [-0.4, -0.2) is 30.6 Å². The van der Waals surface area contributed by atoms with E-state index in [1.807, 2.05) is 0 Å². The van der Waals surface area contributed by atoms with Crippen molar-refractivity contribution >= 4 is 17.4 Å². The zero-order chi connectivity index (χ0) is 14.0. The van der Waals surface area contributed by atoms with Crippen LogP contribution in [0.25, 0.3) is 0 Å². The van der Waals surface area contributed by atoms with E-state index < -0.39 is 8.32 Å². The minimum Gasteiger partial charge on any atom is -0.417 e. The molecule has 0 amide bonds. The van der Waals surface area contributed by atoms with Crippen molar-refractivity contribution in [1.82, 2.24) is 0 Å². The van der Waals surface area contributed by atoms with E-state index in [0.717, 1.165) is 13.2 Å². The van der Waals surface area contributed by atoms with Gasteiger partial charge in [0.05, 0.1) is 0 Å². The Morgan fingerprint density at radius 2 is 1.68 bits per heavy atom. The lowest BCUT2D eigenvalue weighted by Crippen LogP contribution is -2.39. The van der Waals surface area contributed by atoms with Crippen LogP contribution in [0, 0.1) is 0 Å². The van der Waals surface area contributed by atoms with Crippen molar-refractivity contribution in [3.05, 3.63) is 0 Å². The zero-order valence-corrected chi connectivity index (χ0v) is 15.3. The molecular weight excluding hydrogens is 268 g/mol. The third-order valence-corrected chi connectivity index (χ3v) is 11.6. The Morgan fingerprint density at radius 1 is 0.947 bits per heavy atom. The van der Waals surface area contributed by atoms with Crippen molar-refractivity contribution in [2.24, 2.45) is 0 Å². The van der Waals surface area contributed by atoms with Crippen molar-refractivity contribution in [3.63, 3.8) is 0 Å². The Morgan fingerprint density at radius 3 is 2.11 bits per heavy atom. The van der Waals surface area contributed by atoms with E-state index >= 15 is 0 Å². The summed E-state index contributed by atoms with van der Waals surface area (Å²) in [6.07, 6.45) is 6.77. The van der Waals surface area contributed by atoms with Gasteiger partial charge in [0.2, 0.25) is 9.04 Å². The highest BCUT2D eigenvalue weighted by Gasteiger charge is 2.32. The Kier molecular flexibility index (Phi) is 9.28. The third kappa shape index (κ3) is 6.56. The quantitative estimate of drug-likeness (QED) is 0.682. The number of hydrogen-bond acceptors (Lipinski definition) is 2. The predicted molar refractivity (Wildman–Crippen MR) is 87.6 cm³/mol. The van der Waals surface area contributed by atoms with E-state index in [-0.39, 0.29) is 9.04 Å². The molecule has 2 aliphatic heterocycles. The maximum atomic E-state index is 5.90. The van der Waals surface area contributed by atoms with Crippen LogP contribution in [-0.2, 0) is 8.85 Å². The lowest BCUT2D eigenvalue weighted by atomic mass is 10.4. The summed E-state index contributed by atoms with van der Waals surface area (Å²) in [6.45, 7) is 8.93. The molecule has 113 valence electrons. The smallest absolute Gasteiger partial charge is 0.211 e. The van der Waals surface area contributed by atoms with Gasteiger partial charge in [0.25, 0.3) is 0 Å². The zero-order valence-electron chi connectivity index (χ0n) is 13.3.